The zero-order chi connectivity index (χ0) is 22.1. The zero-order valence-corrected chi connectivity index (χ0v) is 18.7. The number of hydrogen-bond donors (Lipinski definition) is 1. The van der Waals surface area contributed by atoms with Crippen LogP contribution in [0, 0.1) is 11.3 Å². The first-order valence-electron chi connectivity index (χ1n) is 10.2. The van der Waals surface area contributed by atoms with Gasteiger partial charge in [0.1, 0.15) is 19.0 Å². The largest absolute Gasteiger partial charge is 0.382 e. The van der Waals surface area contributed by atoms with Gasteiger partial charge in [0.05, 0.1) is 26.4 Å². The summed E-state index contributed by atoms with van der Waals surface area (Å²) in [6.07, 6.45) is 2.27. The third kappa shape index (κ3) is 15.2. The van der Waals surface area contributed by atoms with Gasteiger partial charge < -0.3 is 24.3 Å². The Hall–Kier alpha value is -1.35. The summed E-state index contributed by atoms with van der Waals surface area (Å²) in [6, 6.07) is 0. The van der Waals surface area contributed by atoms with Crippen molar-refractivity contribution in [3.8, 4) is 0 Å². The van der Waals surface area contributed by atoms with Crippen LogP contribution in [0.15, 0.2) is 0 Å². The predicted molar refractivity (Wildman–Crippen MR) is 110 cm³/mol. The lowest BCUT2D eigenvalue weighted by atomic mass is 9.79. The first-order valence-corrected chi connectivity index (χ1v) is 10.2. The van der Waals surface area contributed by atoms with Gasteiger partial charge in [-0.1, -0.05) is 27.2 Å². The maximum absolute atomic E-state index is 12.7. The van der Waals surface area contributed by atoms with Gasteiger partial charge in [-0.25, -0.2) is 0 Å². The van der Waals surface area contributed by atoms with Gasteiger partial charge in [0.2, 0.25) is 5.91 Å². The summed E-state index contributed by atoms with van der Waals surface area (Å²) in [7, 11) is 3.14. The van der Waals surface area contributed by atoms with E-state index in [2.05, 4.69) is 5.32 Å². The Bertz CT molecular complexity index is 474. The molecule has 1 atom stereocenters. The number of amides is 1. The molecule has 8 heteroatoms. The standard InChI is InChI=1S/C21H39NO7/c1-21(2,3)20(25)17(14-18(23)15-28-12-10-26-4)8-6-7-9-22-19(24)16-29-13-11-27-5/h17H,6-16H2,1-5H3,(H,22,24)/t17-/m1/s1. The molecular formula is C21H39NO7. The van der Waals surface area contributed by atoms with E-state index in [1.807, 2.05) is 20.8 Å². The third-order valence-electron chi connectivity index (χ3n) is 4.25. The number of nitrogens with one attached hydrogen (secondary N) is 1. The van der Waals surface area contributed by atoms with Crippen molar-refractivity contribution in [2.75, 3.05) is 60.4 Å². The van der Waals surface area contributed by atoms with Gasteiger partial charge in [-0.2, -0.15) is 0 Å². The van der Waals surface area contributed by atoms with Crippen LogP contribution in [0.1, 0.15) is 46.5 Å². The predicted octanol–water partition coefficient (Wildman–Crippen LogP) is 1.79. The lowest BCUT2D eigenvalue weighted by Crippen LogP contribution is -2.31. The first kappa shape index (κ1) is 27.6. The molecule has 0 aromatic carbocycles. The molecule has 0 fully saturated rings. The highest BCUT2D eigenvalue weighted by atomic mass is 16.5. The number of unbranched alkanes of at least 4 members (excludes halogenated alkanes) is 1. The smallest absolute Gasteiger partial charge is 0.245 e. The number of ketones is 2. The number of rotatable bonds is 18. The number of carbonyl (C=O) groups excluding carboxylic acids is 3. The molecule has 1 N–H and O–H groups in total. The minimum Gasteiger partial charge on any atom is -0.382 e. The fourth-order valence-electron chi connectivity index (χ4n) is 2.70. The Morgan fingerprint density at radius 3 is 2.00 bits per heavy atom. The number of Topliss-reactive ketones (excluding diaryl/α,β-unsaturated/α-hetero) is 2. The molecule has 0 aromatic rings. The number of methoxy groups -OCH3 is 2. The molecule has 0 bridgehead atoms. The molecule has 0 aliphatic heterocycles. The van der Waals surface area contributed by atoms with E-state index in [9.17, 15) is 14.4 Å². The summed E-state index contributed by atoms with van der Waals surface area (Å²) in [5, 5.41) is 2.78. The van der Waals surface area contributed by atoms with Gasteiger partial charge >= 0.3 is 0 Å². The van der Waals surface area contributed by atoms with Crippen LogP contribution in [0.4, 0.5) is 0 Å². The van der Waals surface area contributed by atoms with Gasteiger partial charge in [0.25, 0.3) is 0 Å². The van der Waals surface area contributed by atoms with Crippen LogP contribution in [-0.4, -0.2) is 77.9 Å². The molecule has 0 rings (SSSR count). The molecule has 0 saturated carbocycles. The molecule has 0 heterocycles. The van der Waals surface area contributed by atoms with Crippen molar-refractivity contribution in [3.63, 3.8) is 0 Å². The average Bonchev–Trinajstić information content (AvgIpc) is 2.66. The molecule has 0 radical (unpaired) electrons. The molecule has 170 valence electrons. The van der Waals surface area contributed by atoms with Gasteiger partial charge in [-0.05, 0) is 12.8 Å². The lowest BCUT2D eigenvalue weighted by Gasteiger charge is -2.24. The van der Waals surface area contributed by atoms with Gasteiger partial charge in [-0.3, -0.25) is 14.4 Å². The maximum atomic E-state index is 12.7. The average molecular weight is 418 g/mol. The van der Waals surface area contributed by atoms with Crippen LogP contribution in [0.5, 0.6) is 0 Å². The first-order chi connectivity index (χ1) is 13.7. The maximum Gasteiger partial charge on any atom is 0.245 e. The van der Waals surface area contributed by atoms with Gasteiger partial charge in [-0.15, -0.1) is 0 Å². The van der Waals surface area contributed by atoms with Crippen LogP contribution < -0.4 is 5.32 Å². The number of ether oxygens (including phenoxy) is 4. The van der Waals surface area contributed by atoms with Gasteiger partial charge in [0, 0.05) is 38.5 Å². The third-order valence-corrected chi connectivity index (χ3v) is 4.25. The summed E-state index contributed by atoms with van der Waals surface area (Å²) >= 11 is 0. The molecule has 0 aromatic heterocycles. The fraction of sp³-hybridized carbons (Fsp3) is 0.857. The molecule has 8 nitrogen and oxygen atoms in total. The summed E-state index contributed by atoms with van der Waals surface area (Å²) in [4.78, 5) is 36.5. The molecule has 29 heavy (non-hydrogen) atoms. The Kier molecular flexibility index (Phi) is 15.7. The molecule has 1 amide bonds. The van der Waals surface area contributed by atoms with Crippen molar-refractivity contribution < 1.29 is 33.3 Å². The van der Waals surface area contributed by atoms with Crippen molar-refractivity contribution in [3.05, 3.63) is 0 Å². The summed E-state index contributed by atoms with van der Waals surface area (Å²) in [6.45, 7) is 7.73. The Morgan fingerprint density at radius 2 is 1.45 bits per heavy atom. The highest BCUT2D eigenvalue weighted by Gasteiger charge is 2.30. The van der Waals surface area contributed by atoms with Gasteiger partial charge in [0.15, 0.2) is 5.78 Å². The van der Waals surface area contributed by atoms with E-state index in [4.69, 9.17) is 18.9 Å². The zero-order valence-electron chi connectivity index (χ0n) is 18.7. The second-order valence-electron chi connectivity index (χ2n) is 7.99. The van der Waals surface area contributed by atoms with Crippen molar-refractivity contribution in [1.82, 2.24) is 5.32 Å². The highest BCUT2D eigenvalue weighted by molar-refractivity contribution is 5.91. The van der Waals surface area contributed by atoms with Crippen molar-refractivity contribution in [1.29, 1.82) is 0 Å². The Morgan fingerprint density at radius 1 is 0.862 bits per heavy atom. The highest BCUT2D eigenvalue weighted by Crippen LogP contribution is 2.26. The van der Waals surface area contributed by atoms with Crippen LogP contribution in [0.25, 0.3) is 0 Å². The number of hydrogen-bond acceptors (Lipinski definition) is 7. The van der Waals surface area contributed by atoms with Crippen LogP contribution in [-0.2, 0) is 33.3 Å². The Balaban J connectivity index is 4.26. The van der Waals surface area contributed by atoms with Crippen molar-refractivity contribution in [2.24, 2.45) is 11.3 Å². The number of carbonyl (C=O) groups is 3. The summed E-state index contributed by atoms with van der Waals surface area (Å²) in [5.41, 5.74) is -0.504. The minimum absolute atomic E-state index is 0.00356. The second kappa shape index (κ2) is 16.4. The van der Waals surface area contributed by atoms with Crippen molar-refractivity contribution >= 4 is 17.5 Å². The lowest BCUT2D eigenvalue weighted by molar-refractivity contribution is -0.135. The quantitative estimate of drug-likeness (QED) is 0.339. The molecule has 0 aliphatic rings. The van der Waals surface area contributed by atoms with E-state index in [1.165, 1.54) is 0 Å². The van der Waals surface area contributed by atoms with Crippen LogP contribution >= 0.6 is 0 Å². The normalized spacial score (nSPS) is 12.6. The monoisotopic (exact) mass is 417 g/mol. The molecular weight excluding hydrogens is 378 g/mol. The topological polar surface area (TPSA) is 100 Å². The molecule has 0 saturated heterocycles. The fourth-order valence-corrected chi connectivity index (χ4v) is 2.70. The summed E-state index contributed by atoms with van der Waals surface area (Å²) < 4.78 is 20.1. The second-order valence-corrected chi connectivity index (χ2v) is 7.99. The van der Waals surface area contributed by atoms with E-state index in [0.717, 1.165) is 12.8 Å². The van der Waals surface area contributed by atoms with Crippen molar-refractivity contribution in [2.45, 2.75) is 46.5 Å². The van der Waals surface area contributed by atoms with E-state index in [0.29, 0.717) is 39.4 Å². The van der Waals surface area contributed by atoms with E-state index < -0.39 is 5.41 Å². The molecule has 0 unspecified atom stereocenters. The van der Waals surface area contributed by atoms with E-state index >= 15 is 0 Å². The van der Waals surface area contributed by atoms with E-state index in [-0.39, 0.29) is 43.0 Å². The van der Waals surface area contributed by atoms with E-state index in [1.54, 1.807) is 14.2 Å². The Labute approximate surface area is 175 Å². The van der Waals surface area contributed by atoms with Crippen LogP contribution in [0.3, 0.4) is 0 Å². The SMILES string of the molecule is COCCOCC(=O)C[C@@H](CCCCNC(=O)COCCOC)C(=O)C(C)(C)C. The molecule has 0 aliphatic carbocycles. The summed E-state index contributed by atoms with van der Waals surface area (Å²) in [5.74, 6) is -0.503. The molecule has 0 spiro atoms. The van der Waals surface area contributed by atoms with Crippen LogP contribution in [0.2, 0.25) is 0 Å². The minimum atomic E-state index is -0.504.